The second-order valence-electron chi connectivity index (χ2n) is 4.55. The molecule has 0 saturated carbocycles. The van der Waals surface area contributed by atoms with Gasteiger partial charge in [0, 0.05) is 10.0 Å². The summed E-state index contributed by atoms with van der Waals surface area (Å²) in [4.78, 5) is 11.5. The van der Waals surface area contributed by atoms with Gasteiger partial charge in [-0.25, -0.2) is 4.79 Å². The number of hydrogen-bond acceptors (Lipinski definition) is 4. The van der Waals surface area contributed by atoms with Gasteiger partial charge in [0.05, 0.1) is 5.56 Å². The molecule has 1 heterocycles. The lowest BCUT2D eigenvalue weighted by atomic mass is 10.1. The number of esters is 1. The fourth-order valence-corrected chi connectivity index (χ4v) is 2.30. The van der Waals surface area contributed by atoms with Gasteiger partial charge in [-0.05, 0) is 36.4 Å². The molecule has 0 spiro atoms. The molecule has 108 valence electrons. The first-order valence-electron chi connectivity index (χ1n) is 6.53. The van der Waals surface area contributed by atoms with Gasteiger partial charge in [-0.1, -0.05) is 22.0 Å². The zero-order valence-electron chi connectivity index (χ0n) is 11.2. The second kappa shape index (κ2) is 6.18. The lowest BCUT2D eigenvalue weighted by molar-refractivity contribution is 0.0535. The predicted molar refractivity (Wildman–Crippen MR) is 80.7 cm³/mol. The molecule has 4 nitrogen and oxygen atoms in total. The molecule has 0 radical (unpaired) electrons. The van der Waals surface area contributed by atoms with Gasteiger partial charge in [-0.2, -0.15) is 0 Å². The van der Waals surface area contributed by atoms with Crippen LogP contribution in [-0.2, 0) is 11.3 Å². The molecule has 0 saturated heterocycles. The number of rotatable bonds is 5. The molecule has 0 N–H and O–H groups in total. The molecule has 0 aromatic heterocycles. The first-order valence-corrected chi connectivity index (χ1v) is 7.33. The number of carbonyl (C=O) groups excluding carboxylic acids is 1. The van der Waals surface area contributed by atoms with Crippen LogP contribution in [0.2, 0.25) is 0 Å². The van der Waals surface area contributed by atoms with E-state index in [1.807, 2.05) is 36.4 Å². The van der Waals surface area contributed by atoms with E-state index in [0.717, 1.165) is 15.8 Å². The maximum absolute atomic E-state index is 11.5. The van der Waals surface area contributed by atoms with Gasteiger partial charge in [0.1, 0.15) is 31.3 Å². The van der Waals surface area contributed by atoms with Crippen molar-refractivity contribution in [3.8, 4) is 11.5 Å². The van der Waals surface area contributed by atoms with Crippen molar-refractivity contribution in [2.24, 2.45) is 0 Å². The maximum Gasteiger partial charge on any atom is 0.339 e. The second-order valence-corrected chi connectivity index (χ2v) is 5.46. The highest BCUT2D eigenvalue weighted by Gasteiger charge is 2.21. The number of benzene rings is 2. The summed E-state index contributed by atoms with van der Waals surface area (Å²) in [6.07, 6.45) is 0. The standard InChI is InChI=1S/C16H13BrO4/c17-12-2-5-13(6-3-12)19-7-8-20-14-4-1-11-10-21-16(18)15(11)9-14/h1-6,9H,7-8,10H2. The van der Waals surface area contributed by atoms with Crippen molar-refractivity contribution in [1.29, 1.82) is 0 Å². The van der Waals surface area contributed by atoms with Gasteiger partial charge < -0.3 is 14.2 Å². The Balaban J connectivity index is 1.51. The zero-order valence-corrected chi connectivity index (χ0v) is 12.8. The molecule has 1 aliphatic heterocycles. The third-order valence-electron chi connectivity index (χ3n) is 3.09. The van der Waals surface area contributed by atoms with Gasteiger partial charge in [-0.3, -0.25) is 0 Å². The molecular weight excluding hydrogens is 336 g/mol. The lowest BCUT2D eigenvalue weighted by Gasteiger charge is -2.09. The minimum Gasteiger partial charge on any atom is -0.490 e. The molecule has 0 bridgehead atoms. The highest BCUT2D eigenvalue weighted by Crippen LogP contribution is 2.24. The highest BCUT2D eigenvalue weighted by molar-refractivity contribution is 9.10. The Morgan fingerprint density at radius 3 is 2.43 bits per heavy atom. The number of halogens is 1. The number of carbonyl (C=O) groups is 1. The molecule has 2 aromatic carbocycles. The minimum atomic E-state index is -0.290. The fraction of sp³-hybridized carbons (Fsp3) is 0.188. The Morgan fingerprint density at radius 2 is 1.67 bits per heavy atom. The summed E-state index contributed by atoms with van der Waals surface area (Å²) in [5.74, 6) is 1.15. The Morgan fingerprint density at radius 1 is 1.00 bits per heavy atom. The molecule has 2 aromatic rings. The normalized spacial score (nSPS) is 12.7. The molecule has 1 aliphatic rings. The van der Waals surface area contributed by atoms with Crippen LogP contribution in [0.4, 0.5) is 0 Å². The van der Waals surface area contributed by atoms with E-state index >= 15 is 0 Å². The van der Waals surface area contributed by atoms with Crippen LogP contribution in [0.1, 0.15) is 15.9 Å². The molecule has 0 fully saturated rings. The molecule has 5 heteroatoms. The average Bonchev–Trinajstić information content (AvgIpc) is 2.87. The molecular formula is C16H13BrO4. The van der Waals surface area contributed by atoms with Crippen molar-refractivity contribution < 1.29 is 19.0 Å². The zero-order chi connectivity index (χ0) is 14.7. The Hall–Kier alpha value is -2.01. The Bertz CT molecular complexity index is 652. The molecule has 0 unspecified atom stereocenters. The predicted octanol–water partition coefficient (Wildman–Crippen LogP) is 3.58. The molecule has 21 heavy (non-hydrogen) atoms. The van der Waals surface area contributed by atoms with E-state index in [0.29, 0.717) is 31.1 Å². The fourth-order valence-electron chi connectivity index (χ4n) is 2.03. The van der Waals surface area contributed by atoms with E-state index in [4.69, 9.17) is 14.2 Å². The number of cyclic esters (lactones) is 1. The van der Waals surface area contributed by atoms with Gasteiger partial charge >= 0.3 is 5.97 Å². The number of fused-ring (bicyclic) bond motifs is 1. The van der Waals surface area contributed by atoms with Crippen LogP contribution in [0.5, 0.6) is 11.5 Å². The number of hydrogen-bond donors (Lipinski definition) is 0. The summed E-state index contributed by atoms with van der Waals surface area (Å²) >= 11 is 3.37. The summed E-state index contributed by atoms with van der Waals surface area (Å²) in [5.41, 5.74) is 1.49. The summed E-state index contributed by atoms with van der Waals surface area (Å²) in [7, 11) is 0. The highest BCUT2D eigenvalue weighted by atomic mass is 79.9. The monoisotopic (exact) mass is 348 g/mol. The van der Waals surface area contributed by atoms with Crippen LogP contribution in [0.3, 0.4) is 0 Å². The van der Waals surface area contributed by atoms with Crippen LogP contribution in [0.25, 0.3) is 0 Å². The van der Waals surface area contributed by atoms with E-state index < -0.39 is 0 Å². The van der Waals surface area contributed by atoms with Crippen molar-refractivity contribution in [3.05, 3.63) is 58.1 Å². The third kappa shape index (κ3) is 3.36. The Kier molecular flexibility index (Phi) is 4.10. The maximum atomic E-state index is 11.5. The summed E-state index contributed by atoms with van der Waals surface area (Å²) in [5, 5.41) is 0. The third-order valence-corrected chi connectivity index (χ3v) is 3.62. The van der Waals surface area contributed by atoms with Crippen molar-refractivity contribution in [3.63, 3.8) is 0 Å². The van der Waals surface area contributed by atoms with Crippen molar-refractivity contribution in [1.82, 2.24) is 0 Å². The molecule has 0 amide bonds. The van der Waals surface area contributed by atoms with Crippen molar-refractivity contribution in [2.75, 3.05) is 13.2 Å². The van der Waals surface area contributed by atoms with E-state index in [-0.39, 0.29) is 5.97 Å². The van der Waals surface area contributed by atoms with Gasteiger partial charge in [0.2, 0.25) is 0 Å². The van der Waals surface area contributed by atoms with Gasteiger partial charge in [-0.15, -0.1) is 0 Å². The smallest absolute Gasteiger partial charge is 0.339 e. The van der Waals surface area contributed by atoms with E-state index in [1.165, 1.54) is 0 Å². The van der Waals surface area contributed by atoms with Gasteiger partial charge in [0.25, 0.3) is 0 Å². The molecule has 3 rings (SSSR count). The van der Waals surface area contributed by atoms with E-state index in [1.54, 1.807) is 6.07 Å². The average molecular weight is 349 g/mol. The van der Waals surface area contributed by atoms with E-state index in [9.17, 15) is 4.79 Å². The van der Waals surface area contributed by atoms with Crippen molar-refractivity contribution in [2.45, 2.75) is 6.61 Å². The van der Waals surface area contributed by atoms with Crippen LogP contribution >= 0.6 is 15.9 Å². The first-order chi connectivity index (χ1) is 10.2. The lowest BCUT2D eigenvalue weighted by Crippen LogP contribution is -2.09. The van der Waals surface area contributed by atoms with Crippen LogP contribution < -0.4 is 9.47 Å². The summed E-state index contributed by atoms with van der Waals surface area (Å²) in [6.45, 7) is 1.19. The molecule has 0 atom stereocenters. The quantitative estimate of drug-likeness (QED) is 0.612. The van der Waals surface area contributed by atoms with Gasteiger partial charge in [0.15, 0.2) is 0 Å². The summed E-state index contributed by atoms with van der Waals surface area (Å²) in [6, 6.07) is 13.0. The van der Waals surface area contributed by atoms with Crippen LogP contribution in [0, 0.1) is 0 Å². The van der Waals surface area contributed by atoms with Crippen LogP contribution in [-0.4, -0.2) is 19.2 Å². The summed E-state index contributed by atoms with van der Waals surface area (Å²) < 4.78 is 17.1. The van der Waals surface area contributed by atoms with Crippen LogP contribution in [0.15, 0.2) is 46.9 Å². The largest absolute Gasteiger partial charge is 0.490 e. The van der Waals surface area contributed by atoms with E-state index in [2.05, 4.69) is 15.9 Å². The minimum absolute atomic E-state index is 0.290. The first kappa shape index (κ1) is 13.9. The SMILES string of the molecule is O=C1OCc2ccc(OCCOc3ccc(Br)cc3)cc21. The number of ether oxygens (including phenoxy) is 3. The van der Waals surface area contributed by atoms with Crippen molar-refractivity contribution >= 4 is 21.9 Å². The topological polar surface area (TPSA) is 44.8 Å². The Labute approximate surface area is 130 Å². The molecule has 0 aliphatic carbocycles.